The van der Waals surface area contributed by atoms with E-state index < -0.39 is 4.92 Å². The number of hydrogen-bond donors (Lipinski definition) is 0. The molecule has 0 radical (unpaired) electrons. The molecule has 0 bridgehead atoms. The number of methoxy groups -OCH3 is 1. The first kappa shape index (κ1) is 30.2. The van der Waals surface area contributed by atoms with Crippen molar-refractivity contribution >= 4 is 22.8 Å². The van der Waals surface area contributed by atoms with Crippen LogP contribution in [0.25, 0.3) is 22.3 Å². The molecule has 3 aromatic carbocycles. The van der Waals surface area contributed by atoms with Crippen molar-refractivity contribution in [2.24, 2.45) is 5.10 Å². The van der Waals surface area contributed by atoms with Gasteiger partial charge in [0.15, 0.2) is 11.6 Å². The number of fused-ring (bicyclic) bond motifs is 1. The number of hydrogen-bond acceptors (Lipinski definition) is 8. The Labute approximate surface area is 244 Å². The molecular formula is C32H36N4O6. The molecular weight excluding hydrogens is 536 g/mol. The van der Waals surface area contributed by atoms with Crippen molar-refractivity contribution in [3.05, 3.63) is 85.7 Å². The fraction of sp³-hybridized carbons (Fsp3) is 0.344. The second-order valence-electron chi connectivity index (χ2n) is 10.3. The average Bonchev–Trinajstić information content (AvgIpc) is 2.96. The van der Waals surface area contributed by atoms with Gasteiger partial charge in [0.1, 0.15) is 5.75 Å². The number of para-hydroxylation sites is 1. The Morgan fingerprint density at radius 2 is 1.83 bits per heavy atom. The van der Waals surface area contributed by atoms with Gasteiger partial charge in [-0.25, -0.2) is 4.98 Å². The molecule has 10 heteroatoms. The van der Waals surface area contributed by atoms with Crippen molar-refractivity contribution in [3.8, 4) is 28.6 Å². The summed E-state index contributed by atoms with van der Waals surface area (Å²) in [5.41, 5.74) is 2.82. The molecule has 1 atom stereocenters. The summed E-state index contributed by atoms with van der Waals surface area (Å²) in [5, 5.41) is 16.9. The minimum absolute atomic E-state index is 0.0467. The predicted octanol–water partition coefficient (Wildman–Crippen LogP) is 6.87. The molecule has 220 valence electrons. The van der Waals surface area contributed by atoms with E-state index in [2.05, 4.69) is 18.9 Å². The van der Waals surface area contributed by atoms with Crippen molar-refractivity contribution in [2.45, 2.75) is 60.0 Å². The molecule has 0 amide bonds. The lowest BCUT2D eigenvalue weighted by molar-refractivity contribution is -0.386. The number of rotatable bonds is 11. The Morgan fingerprint density at radius 3 is 2.48 bits per heavy atom. The maximum atomic E-state index is 13.8. The third-order valence-electron chi connectivity index (χ3n) is 6.96. The van der Waals surface area contributed by atoms with Crippen molar-refractivity contribution < 1.29 is 19.1 Å². The number of nitrogens with zero attached hydrogens (tertiary/aromatic N) is 4. The summed E-state index contributed by atoms with van der Waals surface area (Å²) in [7, 11) is 1.42. The van der Waals surface area contributed by atoms with Gasteiger partial charge in [-0.1, -0.05) is 32.9 Å². The smallest absolute Gasteiger partial charge is 0.315 e. The number of ether oxygens (including phenoxy) is 3. The Morgan fingerprint density at radius 1 is 1.10 bits per heavy atom. The lowest BCUT2D eigenvalue weighted by Crippen LogP contribution is -2.21. The Hall–Kier alpha value is -4.73. The van der Waals surface area contributed by atoms with Crippen LogP contribution in [-0.2, 0) is 0 Å². The van der Waals surface area contributed by atoms with E-state index in [9.17, 15) is 14.9 Å². The second kappa shape index (κ2) is 12.8. The third kappa shape index (κ3) is 6.12. The maximum absolute atomic E-state index is 13.8. The monoisotopic (exact) mass is 572 g/mol. The quantitative estimate of drug-likeness (QED) is 0.109. The van der Waals surface area contributed by atoms with E-state index >= 15 is 0 Å². The summed E-state index contributed by atoms with van der Waals surface area (Å²) in [6, 6.07) is 13.9. The van der Waals surface area contributed by atoms with E-state index in [1.807, 2.05) is 45.9 Å². The second-order valence-corrected chi connectivity index (χ2v) is 10.3. The number of benzene rings is 3. The zero-order valence-corrected chi connectivity index (χ0v) is 25.0. The SMILES string of the molecule is CCOc1cc(C)c(-c2nc3ccccc3c(=O)n2N=Cc2cc(OC)c(O[C@H](C)CC)c([N+](=O)[O-])c2)cc1C(C)C. The molecule has 4 aromatic rings. The largest absolute Gasteiger partial charge is 0.494 e. The summed E-state index contributed by atoms with van der Waals surface area (Å²) < 4.78 is 18.4. The summed E-state index contributed by atoms with van der Waals surface area (Å²) in [6.45, 7) is 12.3. The molecule has 10 nitrogen and oxygen atoms in total. The van der Waals surface area contributed by atoms with Gasteiger partial charge in [-0.3, -0.25) is 14.9 Å². The molecule has 0 spiro atoms. The van der Waals surface area contributed by atoms with Crippen LogP contribution in [-0.4, -0.2) is 40.6 Å². The number of nitro benzene ring substituents is 1. The van der Waals surface area contributed by atoms with Gasteiger partial charge in [0.05, 0.1) is 41.9 Å². The van der Waals surface area contributed by atoms with Crippen molar-refractivity contribution in [1.29, 1.82) is 0 Å². The van der Waals surface area contributed by atoms with Gasteiger partial charge in [-0.2, -0.15) is 9.78 Å². The van der Waals surface area contributed by atoms with Crippen molar-refractivity contribution in [3.63, 3.8) is 0 Å². The molecule has 0 fully saturated rings. The van der Waals surface area contributed by atoms with E-state index in [-0.39, 0.29) is 34.8 Å². The average molecular weight is 573 g/mol. The predicted molar refractivity (Wildman–Crippen MR) is 164 cm³/mol. The van der Waals surface area contributed by atoms with E-state index in [0.717, 1.165) is 22.4 Å². The topological polar surface area (TPSA) is 118 Å². The summed E-state index contributed by atoms with van der Waals surface area (Å²) in [5.74, 6) is 1.52. The van der Waals surface area contributed by atoms with Crippen LogP contribution in [0, 0.1) is 17.0 Å². The van der Waals surface area contributed by atoms with Gasteiger partial charge in [-0.15, -0.1) is 0 Å². The zero-order chi connectivity index (χ0) is 30.6. The minimum Gasteiger partial charge on any atom is -0.494 e. The van der Waals surface area contributed by atoms with Crippen LogP contribution < -0.4 is 19.8 Å². The lowest BCUT2D eigenvalue weighted by Gasteiger charge is -2.18. The van der Waals surface area contributed by atoms with Gasteiger partial charge >= 0.3 is 5.69 Å². The highest BCUT2D eigenvalue weighted by Crippen LogP contribution is 2.39. The van der Waals surface area contributed by atoms with Crippen LogP contribution in [0.1, 0.15) is 63.6 Å². The molecule has 0 unspecified atom stereocenters. The first-order chi connectivity index (χ1) is 20.1. The lowest BCUT2D eigenvalue weighted by atomic mass is 9.96. The molecule has 0 aliphatic heterocycles. The molecule has 0 aliphatic carbocycles. The van der Waals surface area contributed by atoms with Gasteiger partial charge in [0, 0.05) is 17.2 Å². The van der Waals surface area contributed by atoms with Crippen LogP contribution in [0.15, 0.2) is 58.4 Å². The fourth-order valence-electron chi connectivity index (χ4n) is 4.57. The van der Waals surface area contributed by atoms with Gasteiger partial charge < -0.3 is 14.2 Å². The highest BCUT2D eigenvalue weighted by Gasteiger charge is 2.24. The van der Waals surface area contributed by atoms with Crippen molar-refractivity contribution in [1.82, 2.24) is 9.66 Å². The summed E-state index contributed by atoms with van der Waals surface area (Å²) >= 11 is 0. The van der Waals surface area contributed by atoms with E-state index in [1.54, 1.807) is 24.3 Å². The van der Waals surface area contributed by atoms with Crippen LogP contribution in [0.2, 0.25) is 0 Å². The van der Waals surface area contributed by atoms with E-state index in [1.165, 1.54) is 24.1 Å². The van der Waals surface area contributed by atoms with Crippen LogP contribution in [0.3, 0.4) is 0 Å². The molecule has 42 heavy (non-hydrogen) atoms. The third-order valence-corrected chi connectivity index (χ3v) is 6.96. The van der Waals surface area contributed by atoms with E-state index in [0.29, 0.717) is 35.3 Å². The molecule has 0 saturated carbocycles. The maximum Gasteiger partial charge on any atom is 0.315 e. The summed E-state index contributed by atoms with van der Waals surface area (Å²) in [4.78, 5) is 30.1. The molecule has 0 N–H and O–H groups in total. The summed E-state index contributed by atoms with van der Waals surface area (Å²) in [6.07, 6.45) is 1.79. The zero-order valence-electron chi connectivity index (χ0n) is 25.0. The molecule has 1 aromatic heterocycles. The van der Waals surface area contributed by atoms with Crippen LogP contribution >= 0.6 is 0 Å². The van der Waals surface area contributed by atoms with Crippen LogP contribution in [0.5, 0.6) is 17.2 Å². The Balaban J connectivity index is 1.94. The Kier molecular flexibility index (Phi) is 9.25. The van der Waals surface area contributed by atoms with Gasteiger partial charge in [-0.05, 0) is 74.6 Å². The van der Waals surface area contributed by atoms with Gasteiger partial charge in [0.25, 0.3) is 5.56 Å². The number of aryl methyl sites for hydroxylation is 1. The highest BCUT2D eigenvalue weighted by molar-refractivity contribution is 5.84. The molecule has 1 heterocycles. The van der Waals surface area contributed by atoms with E-state index in [4.69, 9.17) is 19.2 Å². The normalized spacial score (nSPS) is 12.2. The highest BCUT2D eigenvalue weighted by atomic mass is 16.6. The molecule has 4 rings (SSSR count). The number of aromatic nitrogens is 2. The standard InChI is InChI=1S/C32H36N4O6/c1-8-21(6)42-30-27(36(38)39)15-22(16-29(30)40-7)18-33-35-31(34-26-13-11-10-12-23(26)32(35)37)25-17-24(19(3)4)28(41-9-2)14-20(25)5/h10-19,21H,8-9H2,1-7H3/t21-/m1/s1. The van der Waals surface area contributed by atoms with Gasteiger partial charge in [0.2, 0.25) is 5.75 Å². The van der Waals surface area contributed by atoms with Crippen molar-refractivity contribution in [2.75, 3.05) is 13.7 Å². The molecule has 0 aliphatic rings. The number of nitro groups is 1. The van der Waals surface area contributed by atoms with Crippen LogP contribution in [0.4, 0.5) is 5.69 Å². The first-order valence-corrected chi connectivity index (χ1v) is 14.0. The fourth-order valence-corrected chi connectivity index (χ4v) is 4.57. The first-order valence-electron chi connectivity index (χ1n) is 14.0. The Bertz CT molecular complexity index is 1710. The molecule has 0 saturated heterocycles. The minimum atomic E-state index is -0.524.